The van der Waals surface area contributed by atoms with Gasteiger partial charge in [-0.2, -0.15) is 5.26 Å². The van der Waals surface area contributed by atoms with Gasteiger partial charge in [-0.05, 0) is 72.4 Å². The number of carbonyl (C=O) groups is 1. The number of nitrogens with zero attached hydrogens (tertiary/aromatic N) is 5. The minimum absolute atomic E-state index is 0.0648. The number of amides is 1. The fourth-order valence-corrected chi connectivity index (χ4v) is 5.43. The molecule has 1 amide bonds. The highest BCUT2D eigenvalue weighted by Gasteiger charge is 2.32. The summed E-state index contributed by atoms with van der Waals surface area (Å²) >= 11 is 18.7. The van der Waals surface area contributed by atoms with Gasteiger partial charge in [0.05, 0.1) is 44.5 Å². The van der Waals surface area contributed by atoms with Crippen molar-refractivity contribution in [3.8, 4) is 6.07 Å². The molecule has 0 saturated carbocycles. The van der Waals surface area contributed by atoms with Gasteiger partial charge in [-0.3, -0.25) is 14.9 Å². The zero-order valence-electron chi connectivity index (χ0n) is 25.3. The molecular formula is C33H33Cl2N7O3S. The van der Waals surface area contributed by atoms with Crippen molar-refractivity contribution >= 4 is 57.8 Å². The van der Waals surface area contributed by atoms with E-state index in [-0.39, 0.29) is 23.1 Å². The van der Waals surface area contributed by atoms with Gasteiger partial charge < -0.3 is 9.88 Å². The van der Waals surface area contributed by atoms with Crippen LogP contribution in [0.15, 0.2) is 79.3 Å². The minimum Gasteiger partial charge on any atom is -0.331 e. The van der Waals surface area contributed by atoms with Crippen molar-refractivity contribution in [3.63, 3.8) is 0 Å². The van der Waals surface area contributed by atoms with E-state index in [9.17, 15) is 20.2 Å². The number of non-ortho nitro benzene ring substituents is 1. The van der Waals surface area contributed by atoms with Crippen LogP contribution in [-0.2, 0) is 17.8 Å². The predicted molar refractivity (Wildman–Crippen MR) is 184 cm³/mol. The van der Waals surface area contributed by atoms with E-state index < -0.39 is 10.8 Å². The fraction of sp³-hybridized carbons (Fsp3) is 0.273. The number of aromatic nitrogens is 2. The molecule has 10 nitrogen and oxygen atoms in total. The molecule has 0 aliphatic heterocycles. The van der Waals surface area contributed by atoms with Gasteiger partial charge in [-0.25, -0.2) is 15.4 Å². The number of nitro benzene ring substituents is 1. The summed E-state index contributed by atoms with van der Waals surface area (Å²) < 4.78 is 1.88. The highest BCUT2D eigenvalue weighted by Crippen LogP contribution is 2.32. The number of hydrazine groups is 1. The first kappa shape index (κ1) is 34.5. The van der Waals surface area contributed by atoms with E-state index >= 15 is 0 Å². The summed E-state index contributed by atoms with van der Waals surface area (Å²) in [7, 11) is 0. The lowest BCUT2D eigenvalue weighted by atomic mass is 9.95. The molecular weight excluding hydrogens is 645 g/mol. The maximum absolute atomic E-state index is 14.6. The van der Waals surface area contributed by atoms with Crippen molar-refractivity contribution in [3.05, 3.63) is 122 Å². The van der Waals surface area contributed by atoms with Gasteiger partial charge in [-0.15, -0.1) is 0 Å². The minimum atomic E-state index is -0.801. The van der Waals surface area contributed by atoms with Gasteiger partial charge in [0.25, 0.3) is 11.6 Å². The number of rotatable bonds is 13. The molecule has 2 N–H and O–H groups in total. The number of anilines is 1. The van der Waals surface area contributed by atoms with Crippen LogP contribution < -0.4 is 10.7 Å². The molecule has 4 rings (SSSR count). The first-order valence-electron chi connectivity index (χ1n) is 14.7. The van der Waals surface area contributed by atoms with Crippen LogP contribution in [0.25, 0.3) is 0 Å². The summed E-state index contributed by atoms with van der Waals surface area (Å²) in [5.41, 5.74) is 6.41. The Bertz CT molecular complexity index is 1720. The summed E-state index contributed by atoms with van der Waals surface area (Å²) in [6, 6.07) is 20.4. The third kappa shape index (κ3) is 8.89. The number of benzene rings is 3. The van der Waals surface area contributed by atoms with Crippen molar-refractivity contribution in [2.45, 2.75) is 45.6 Å². The maximum Gasteiger partial charge on any atom is 0.269 e. The SMILES string of the molecule is CC[C@H](C)CCNN(C(=O)C(Cc1cccc(Cl)c1Cl)c1cncn1Cc1ccc(C#N)cc1)C(=S)Nc1ccc([N+](=O)[O-])cc1. The van der Waals surface area contributed by atoms with Crippen LogP contribution in [0.5, 0.6) is 0 Å². The first-order valence-corrected chi connectivity index (χ1v) is 15.8. The third-order valence-corrected chi connectivity index (χ3v) is 8.79. The molecule has 46 heavy (non-hydrogen) atoms. The highest BCUT2D eigenvalue weighted by molar-refractivity contribution is 7.80. The van der Waals surface area contributed by atoms with E-state index in [2.05, 4.69) is 35.6 Å². The third-order valence-electron chi connectivity index (χ3n) is 7.65. The molecule has 1 unspecified atom stereocenters. The monoisotopic (exact) mass is 677 g/mol. The zero-order valence-corrected chi connectivity index (χ0v) is 27.6. The van der Waals surface area contributed by atoms with Gasteiger partial charge in [0.15, 0.2) is 5.11 Å². The van der Waals surface area contributed by atoms with E-state index in [0.717, 1.165) is 18.4 Å². The Hall–Kier alpha value is -4.34. The maximum atomic E-state index is 14.6. The van der Waals surface area contributed by atoms with E-state index in [1.54, 1.807) is 36.8 Å². The van der Waals surface area contributed by atoms with Crippen LogP contribution >= 0.6 is 35.4 Å². The predicted octanol–water partition coefficient (Wildman–Crippen LogP) is 7.51. The standard InChI is InChI=1S/C33H33Cl2N7O3S/c1-3-22(2)15-16-38-41(33(46)39-26-11-13-27(14-12-26)42(44)45)32(43)28(17-25-5-4-6-29(34)31(25)35)30-19-37-21-40(30)20-24-9-7-23(18-36)8-10-24/h4-14,19,21-22,28,38H,3,15-17,20H2,1-2H3,(H,39,46)/t22-,28?/m0/s1. The second-order valence-corrected chi connectivity index (χ2v) is 12.0. The number of nitrogens with one attached hydrogen (secondary N) is 2. The molecule has 0 radical (unpaired) electrons. The van der Waals surface area contributed by atoms with E-state index in [1.807, 2.05) is 22.8 Å². The van der Waals surface area contributed by atoms with Crippen LogP contribution in [0, 0.1) is 27.4 Å². The topological polar surface area (TPSA) is 129 Å². The Kier molecular flexibility index (Phi) is 12.2. The van der Waals surface area contributed by atoms with Crippen molar-refractivity contribution in [1.82, 2.24) is 20.0 Å². The van der Waals surface area contributed by atoms with Gasteiger partial charge in [-0.1, -0.05) is 67.7 Å². The molecule has 4 aromatic rings. The molecule has 238 valence electrons. The number of hydrogen-bond donors (Lipinski definition) is 2. The fourth-order valence-electron chi connectivity index (χ4n) is 4.76. The molecule has 0 aliphatic rings. The second-order valence-electron chi connectivity index (χ2n) is 10.8. The average molecular weight is 679 g/mol. The smallest absolute Gasteiger partial charge is 0.269 e. The number of nitriles is 1. The Balaban J connectivity index is 1.71. The highest BCUT2D eigenvalue weighted by atomic mass is 35.5. The Morgan fingerprint density at radius 1 is 1.15 bits per heavy atom. The van der Waals surface area contributed by atoms with E-state index in [4.69, 9.17) is 35.4 Å². The van der Waals surface area contributed by atoms with E-state index in [1.165, 1.54) is 29.3 Å². The molecule has 1 aromatic heterocycles. The number of halogens is 2. The normalized spacial score (nSPS) is 12.2. The van der Waals surface area contributed by atoms with Gasteiger partial charge >= 0.3 is 0 Å². The second kappa shape index (κ2) is 16.3. The van der Waals surface area contributed by atoms with Gasteiger partial charge in [0.1, 0.15) is 0 Å². The Morgan fingerprint density at radius 2 is 1.87 bits per heavy atom. The van der Waals surface area contributed by atoms with Crippen molar-refractivity contribution in [1.29, 1.82) is 5.26 Å². The molecule has 2 atom stereocenters. The van der Waals surface area contributed by atoms with Crippen LogP contribution in [0.4, 0.5) is 11.4 Å². The Morgan fingerprint density at radius 3 is 2.52 bits per heavy atom. The lowest BCUT2D eigenvalue weighted by molar-refractivity contribution is -0.384. The Labute approximate surface area is 283 Å². The van der Waals surface area contributed by atoms with E-state index in [0.29, 0.717) is 51.6 Å². The molecule has 0 bridgehead atoms. The first-order chi connectivity index (χ1) is 22.1. The van der Waals surface area contributed by atoms with Gasteiger partial charge in [0.2, 0.25) is 0 Å². The molecule has 0 saturated heterocycles. The van der Waals surface area contributed by atoms with Crippen molar-refractivity contribution < 1.29 is 9.72 Å². The zero-order chi connectivity index (χ0) is 33.2. The number of imidazole rings is 1. The molecule has 0 fully saturated rings. The lowest BCUT2D eigenvalue weighted by Crippen LogP contribution is -2.51. The molecule has 13 heteroatoms. The van der Waals surface area contributed by atoms with Crippen molar-refractivity contribution in [2.24, 2.45) is 5.92 Å². The van der Waals surface area contributed by atoms with Crippen molar-refractivity contribution in [2.75, 3.05) is 11.9 Å². The lowest BCUT2D eigenvalue weighted by Gasteiger charge is -2.29. The van der Waals surface area contributed by atoms with Crippen LogP contribution in [0.2, 0.25) is 10.0 Å². The molecule has 0 spiro atoms. The van der Waals surface area contributed by atoms with Gasteiger partial charge in [0, 0.05) is 37.1 Å². The summed E-state index contributed by atoms with van der Waals surface area (Å²) in [6.45, 7) is 5.11. The summed E-state index contributed by atoms with van der Waals surface area (Å²) in [4.78, 5) is 29.7. The largest absolute Gasteiger partial charge is 0.331 e. The average Bonchev–Trinajstić information content (AvgIpc) is 3.51. The van der Waals surface area contributed by atoms with Crippen LogP contribution in [-0.4, -0.2) is 37.0 Å². The molecule has 0 aliphatic carbocycles. The molecule has 3 aromatic carbocycles. The summed E-state index contributed by atoms with van der Waals surface area (Å²) in [6.07, 6.45) is 5.27. The summed E-state index contributed by atoms with van der Waals surface area (Å²) in [5, 5.41) is 25.5. The molecule has 1 heterocycles. The van der Waals surface area contributed by atoms with Crippen LogP contribution in [0.3, 0.4) is 0 Å². The number of nitro groups is 1. The van der Waals surface area contributed by atoms with Crippen LogP contribution in [0.1, 0.15) is 55.0 Å². The summed E-state index contributed by atoms with van der Waals surface area (Å²) in [5.74, 6) is -0.749. The number of carbonyl (C=O) groups excluding carboxylic acids is 1. The number of hydrogen-bond acceptors (Lipinski definition) is 7. The number of thiocarbonyl (C=S) groups is 1. The quantitative estimate of drug-likeness (QED) is 0.0845.